The molecular formula is C21H31N3O4. The third kappa shape index (κ3) is 5.71. The maximum absolute atomic E-state index is 12.7. The van der Waals surface area contributed by atoms with Crippen LogP contribution in [0.3, 0.4) is 0 Å². The molecule has 0 radical (unpaired) electrons. The van der Waals surface area contributed by atoms with Gasteiger partial charge in [-0.25, -0.2) is 24.4 Å². The van der Waals surface area contributed by atoms with Gasteiger partial charge in [-0.3, -0.25) is 0 Å². The average molecular weight is 389 g/mol. The predicted octanol–water partition coefficient (Wildman–Crippen LogP) is 4.78. The molecule has 1 aromatic rings. The minimum absolute atomic E-state index is 0.215. The number of rotatable bonds is 1. The van der Waals surface area contributed by atoms with Crippen LogP contribution in [0.2, 0.25) is 0 Å². The fourth-order valence-corrected chi connectivity index (χ4v) is 2.56. The fraction of sp³-hybridized carbons (Fsp3) is 0.571. The summed E-state index contributed by atoms with van der Waals surface area (Å²) in [5.41, 5.74) is 1.57. The maximum Gasteiger partial charge on any atom is 0.417 e. The molecule has 1 aromatic carbocycles. The number of amides is 2. The van der Waals surface area contributed by atoms with Crippen molar-refractivity contribution in [1.29, 1.82) is 0 Å². The van der Waals surface area contributed by atoms with Crippen molar-refractivity contribution < 1.29 is 19.1 Å². The highest BCUT2D eigenvalue weighted by Crippen LogP contribution is 2.23. The summed E-state index contributed by atoms with van der Waals surface area (Å²) >= 11 is 0. The van der Waals surface area contributed by atoms with Gasteiger partial charge in [-0.2, -0.15) is 0 Å². The molecule has 0 spiro atoms. The molecule has 0 N–H and O–H groups in total. The Morgan fingerprint density at radius 3 is 1.71 bits per heavy atom. The summed E-state index contributed by atoms with van der Waals surface area (Å²) in [6.45, 7) is 15.4. The van der Waals surface area contributed by atoms with Gasteiger partial charge in [-0.05, 0) is 78.6 Å². The number of nitrogens with zero attached hydrogens (tertiary/aromatic N) is 3. The third-order valence-electron chi connectivity index (χ3n) is 3.98. The largest absolute Gasteiger partial charge is 0.443 e. The predicted molar refractivity (Wildman–Crippen MR) is 109 cm³/mol. The van der Waals surface area contributed by atoms with E-state index in [9.17, 15) is 9.59 Å². The van der Waals surface area contributed by atoms with E-state index in [0.717, 1.165) is 11.1 Å². The Bertz CT molecular complexity index is 750. The van der Waals surface area contributed by atoms with Gasteiger partial charge in [0.25, 0.3) is 0 Å². The molecule has 154 valence electrons. The summed E-state index contributed by atoms with van der Waals surface area (Å²) < 4.78 is 11.0. The van der Waals surface area contributed by atoms with Crippen molar-refractivity contribution >= 4 is 23.8 Å². The standard InChI is InChI=1S/C21H31N3O4/c1-14-9-10-16(13-15(14)2)22-17-23(18(25)27-20(3,4)5)11-12-24(17)19(26)28-21(6,7)8/h9-10,13H,11-12H2,1-8H3. The summed E-state index contributed by atoms with van der Waals surface area (Å²) in [6.07, 6.45) is -1.08. The van der Waals surface area contributed by atoms with E-state index in [1.54, 1.807) is 41.5 Å². The van der Waals surface area contributed by atoms with E-state index in [0.29, 0.717) is 5.69 Å². The van der Waals surface area contributed by atoms with Crippen molar-refractivity contribution in [3.8, 4) is 0 Å². The van der Waals surface area contributed by atoms with Gasteiger partial charge >= 0.3 is 12.2 Å². The second-order valence-corrected chi connectivity index (χ2v) is 8.94. The van der Waals surface area contributed by atoms with Crippen LogP contribution in [0.4, 0.5) is 15.3 Å². The van der Waals surface area contributed by atoms with E-state index >= 15 is 0 Å². The highest BCUT2D eigenvalue weighted by atomic mass is 16.6. The minimum atomic E-state index is -0.651. The van der Waals surface area contributed by atoms with Crippen LogP contribution in [-0.2, 0) is 9.47 Å². The second kappa shape index (κ2) is 7.81. The number of benzene rings is 1. The molecule has 0 bridgehead atoms. The lowest BCUT2D eigenvalue weighted by Gasteiger charge is -2.27. The number of hydrogen-bond donors (Lipinski definition) is 0. The van der Waals surface area contributed by atoms with E-state index in [2.05, 4.69) is 4.99 Å². The van der Waals surface area contributed by atoms with Crippen molar-refractivity contribution in [2.45, 2.75) is 66.6 Å². The maximum atomic E-state index is 12.7. The van der Waals surface area contributed by atoms with E-state index in [-0.39, 0.29) is 19.0 Å². The zero-order valence-corrected chi connectivity index (χ0v) is 18.1. The van der Waals surface area contributed by atoms with Crippen LogP contribution in [0.25, 0.3) is 0 Å². The Labute approximate surface area is 167 Å². The number of guanidine groups is 1. The Balaban J connectivity index is 2.40. The zero-order valence-electron chi connectivity index (χ0n) is 18.1. The van der Waals surface area contributed by atoms with Gasteiger partial charge in [0.15, 0.2) is 0 Å². The van der Waals surface area contributed by atoms with Gasteiger partial charge in [-0.15, -0.1) is 0 Å². The first kappa shape index (κ1) is 21.7. The number of carbonyl (C=O) groups excluding carboxylic acids is 2. The Morgan fingerprint density at radius 1 is 0.857 bits per heavy atom. The van der Waals surface area contributed by atoms with Crippen LogP contribution in [-0.4, -0.2) is 52.2 Å². The number of hydrogen-bond acceptors (Lipinski definition) is 5. The molecule has 2 amide bonds. The van der Waals surface area contributed by atoms with Crippen molar-refractivity contribution in [3.05, 3.63) is 29.3 Å². The van der Waals surface area contributed by atoms with E-state index in [1.807, 2.05) is 32.0 Å². The topological polar surface area (TPSA) is 71.4 Å². The van der Waals surface area contributed by atoms with Gasteiger partial charge in [-0.1, -0.05) is 6.07 Å². The van der Waals surface area contributed by atoms with Crippen molar-refractivity contribution in [3.63, 3.8) is 0 Å². The molecule has 0 unspecified atom stereocenters. The highest BCUT2D eigenvalue weighted by Gasteiger charge is 2.39. The fourth-order valence-electron chi connectivity index (χ4n) is 2.56. The van der Waals surface area contributed by atoms with Crippen LogP contribution in [0, 0.1) is 13.8 Å². The summed E-state index contributed by atoms with van der Waals surface area (Å²) in [4.78, 5) is 32.7. The van der Waals surface area contributed by atoms with Crippen molar-refractivity contribution in [2.75, 3.05) is 13.1 Å². The third-order valence-corrected chi connectivity index (χ3v) is 3.98. The van der Waals surface area contributed by atoms with E-state index in [4.69, 9.17) is 9.47 Å². The number of carbonyl (C=O) groups is 2. The smallest absolute Gasteiger partial charge is 0.417 e. The molecule has 1 saturated heterocycles. The molecule has 2 rings (SSSR count). The lowest BCUT2D eigenvalue weighted by atomic mass is 10.1. The van der Waals surface area contributed by atoms with Crippen molar-refractivity contribution in [1.82, 2.24) is 9.80 Å². The molecule has 0 aromatic heterocycles. The lowest BCUT2D eigenvalue weighted by molar-refractivity contribution is 0.0375. The molecule has 1 aliphatic rings. The van der Waals surface area contributed by atoms with Gasteiger partial charge < -0.3 is 9.47 Å². The summed E-state index contributed by atoms with van der Waals surface area (Å²) in [5, 5.41) is 0. The van der Waals surface area contributed by atoms with Crippen LogP contribution < -0.4 is 0 Å². The van der Waals surface area contributed by atoms with Gasteiger partial charge in [0.1, 0.15) is 11.2 Å². The normalized spacial score (nSPS) is 14.9. The monoisotopic (exact) mass is 389 g/mol. The Morgan fingerprint density at radius 2 is 1.32 bits per heavy atom. The molecule has 28 heavy (non-hydrogen) atoms. The highest BCUT2D eigenvalue weighted by molar-refractivity contribution is 6.04. The molecule has 0 saturated carbocycles. The second-order valence-electron chi connectivity index (χ2n) is 8.94. The average Bonchev–Trinajstić information content (AvgIpc) is 2.91. The van der Waals surface area contributed by atoms with Crippen LogP contribution in [0.1, 0.15) is 52.7 Å². The van der Waals surface area contributed by atoms with Gasteiger partial charge in [0.05, 0.1) is 18.8 Å². The quantitative estimate of drug-likeness (QED) is 0.693. The molecule has 1 heterocycles. The molecule has 7 nitrogen and oxygen atoms in total. The molecule has 7 heteroatoms. The molecule has 1 aliphatic heterocycles. The van der Waals surface area contributed by atoms with Gasteiger partial charge in [0.2, 0.25) is 5.96 Å². The number of ether oxygens (including phenoxy) is 2. The summed E-state index contributed by atoms with van der Waals surface area (Å²) in [6, 6.07) is 5.73. The Kier molecular flexibility index (Phi) is 6.06. The van der Waals surface area contributed by atoms with Crippen molar-refractivity contribution in [2.24, 2.45) is 4.99 Å². The van der Waals surface area contributed by atoms with E-state index in [1.165, 1.54) is 9.80 Å². The molecular weight excluding hydrogens is 358 g/mol. The molecule has 1 fully saturated rings. The number of aryl methyl sites for hydroxylation is 2. The van der Waals surface area contributed by atoms with Crippen LogP contribution in [0.15, 0.2) is 23.2 Å². The first-order valence-corrected chi connectivity index (χ1v) is 9.44. The Hall–Kier alpha value is -2.57. The number of aliphatic imine (C=N–C) groups is 1. The lowest BCUT2D eigenvalue weighted by Crippen LogP contribution is -2.44. The van der Waals surface area contributed by atoms with E-state index < -0.39 is 23.4 Å². The molecule has 0 atom stereocenters. The van der Waals surface area contributed by atoms with Gasteiger partial charge in [0, 0.05) is 0 Å². The zero-order chi connectivity index (χ0) is 21.3. The first-order valence-electron chi connectivity index (χ1n) is 9.44. The SMILES string of the molecule is Cc1ccc(N=C2N(C(=O)OC(C)(C)C)CCN2C(=O)OC(C)(C)C)cc1C. The van der Waals surface area contributed by atoms with Crippen LogP contribution in [0.5, 0.6) is 0 Å². The van der Waals surface area contributed by atoms with Crippen LogP contribution >= 0.6 is 0 Å². The first-order chi connectivity index (χ1) is 12.8. The summed E-state index contributed by atoms with van der Waals surface area (Å²) in [7, 11) is 0. The minimum Gasteiger partial charge on any atom is -0.443 e. The summed E-state index contributed by atoms with van der Waals surface area (Å²) in [5.74, 6) is 0.215. The molecule has 0 aliphatic carbocycles.